The first-order valence-electron chi connectivity index (χ1n) is 6.67. The Labute approximate surface area is 136 Å². The third-order valence-corrected chi connectivity index (χ3v) is 4.95. The molecule has 110 valence electrons. The minimum absolute atomic E-state index is 0.133. The van der Waals surface area contributed by atoms with Crippen molar-refractivity contribution in [3.63, 3.8) is 0 Å². The summed E-state index contributed by atoms with van der Waals surface area (Å²) < 4.78 is 20.3. The third kappa shape index (κ3) is 2.93. The lowest BCUT2D eigenvalue weighted by molar-refractivity contribution is 0.153. The number of nitrogens with one attached hydrogen (secondary N) is 1. The monoisotopic (exact) mass is 369 g/mol. The molecule has 2 nitrogen and oxygen atoms in total. The molecule has 0 radical (unpaired) electrons. The highest BCUT2D eigenvalue weighted by molar-refractivity contribution is 9.10. The maximum Gasteiger partial charge on any atom is 0.127 e. The Bertz CT molecular complexity index is 679. The first kappa shape index (κ1) is 14.8. The molecule has 2 aromatic rings. The summed E-state index contributed by atoms with van der Waals surface area (Å²) in [7, 11) is 1.90. The second-order valence-corrected chi connectivity index (χ2v) is 6.30. The van der Waals surface area contributed by atoms with E-state index in [4.69, 9.17) is 16.3 Å². The quantitative estimate of drug-likeness (QED) is 0.801. The molecule has 21 heavy (non-hydrogen) atoms. The highest BCUT2D eigenvalue weighted by atomic mass is 79.9. The van der Waals surface area contributed by atoms with Gasteiger partial charge in [0.1, 0.15) is 17.7 Å². The van der Waals surface area contributed by atoms with Crippen LogP contribution in [0.15, 0.2) is 40.9 Å². The molecular formula is C16H14BrClFNO. The van der Waals surface area contributed by atoms with E-state index in [-0.39, 0.29) is 18.0 Å². The zero-order valence-corrected chi connectivity index (χ0v) is 13.7. The summed E-state index contributed by atoms with van der Waals surface area (Å²) in [5.41, 5.74) is 2.00. The van der Waals surface area contributed by atoms with Gasteiger partial charge in [0.05, 0.1) is 5.02 Å². The van der Waals surface area contributed by atoms with Crippen LogP contribution in [0.2, 0.25) is 5.02 Å². The van der Waals surface area contributed by atoms with Crippen molar-refractivity contribution in [1.82, 2.24) is 5.32 Å². The second kappa shape index (κ2) is 5.95. The van der Waals surface area contributed by atoms with E-state index in [2.05, 4.69) is 21.2 Å². The van der Waals surface area contributed by atoms with Crippen molar-refractivity contribution in [2.45, 2.75) is 18.6 Å². The van der Waals surface area contributed by atoms with Crippen LogP contribution in [0.4, 0.5) is 4.39 Å². The van der Waals surface area contributed by atoms with Crippen LogP contribution in [0.1, 0.15) is 29.7 Å². The van der Waals surface area contributed by atoms with Gasteiger partial charge < -0.3 is 10.1 Å². The summed E-state index contributed by atoms with van der Waals surface area (Å²) in [6.07, 6.45) is 0.647. The number of halogens is 3. The molecule has 0 aromatic heterocycles. The Morgan fingerprint density at radius 3 is 2.81 bits per heavy atom. The molecule has 5 heteroatoms. The van der Waals surface area contributed by atoms with Gasteiger partial charge in [-0.15, -0.1) is 0 Å². The van der Waals surface area contributed by atoms with Crippen LogP contribution < -0.4 is 10.1 Å². The Morgan fingerprint density at radius 2 is 2.10 bits per heavy atom. The van der Waals surface area contributed by atoms with E-state index in [9.17, 15) is 4.39 Å². The van der Waals surface area contributed by atoms with Crippen LogP contribution in [0.3, 0.4) is 0 Å². The minimum Gasteiger partial charge on any atom is -0.485 e. The van der Waals surface area contributed by atoms with Crippen LogP contribution in [-0.4, -0.2) is 7.05 Å². The standard InChI is InChI=1S/C16H14BrClFNO/c1-20-14-8-15(9-2-5-13(18)12(17)6-9)21-16-7-10(19)3-4-11(14)16/h2-7,14-15,20H,8H2,1H3. The summed E-state index contributed by atoms with van der Waals surface area (Å²) >= 11 is 9.45. The Kier molecular flexibility index (Phi) is 4.20. The molecule has 0 aliphatic carbocycles. The lowest BCUT2D eigenvalue weighted by Crippen LogP contribution is -2.26. The Balaban J connectivity index is 1.97. The molecule has 2 atom stereocenters. The molecule has 1 aliphatic heterocycles. The zero-order valence-electron chi connectivity index (χ0n) is 11.4. The van der Waals surface area contributed by atoms with Crippen LogP contribution in [-0.2, 0) is 0 Å². The lowest BCUT2D eigenvalue weighted by atomic mass is 9.93. The van der Waals surface area contributed by atoms with E-state index in [1.54, 1.807) is 6.07 Å². The lowest BCUT2D eigenvalue weighted by Gasteiger charge is -2.32. The van der Waals surface area contributed by atoms with Gasteiger partial charge in [0, 0.05) is 28.6 Å². The molecule has 0 amide bonds. The van der Waals surface area contributed by atoms with Crippen molar-refractivity contribution in [3.8, 4) is 5.75 Å². The number of ether oxygens (including phenoxy) is 1. The first-order valence-corrected chi connectivity index (χ1v) is 7.84. The summed E-state index contributed by atoms with van der Waals surface area (Å²) in [5.74, 6) is 0.304. The van der Waals surface area contributed by atoms with Crippen molar-refractivity contribution in [3.05, 3.63) is 62.8 Å². The topological polar surface area (TPSA) is 21.3 Å². The maximum atomic E-state index is 13.4. The number of rotatable bonds is 2. The molecule has 1 heterocycles. The highest BCUT2D eigenvalue weighted by Crippen LogP contribution is 2.41. The van der Waals surface area contributed by atoms with Crippen LogP contribution in [0.5, 0.6) is 5.75 Å². The molecule has 0 bridgehead atoms. The number of benzene rings is 2. The molecule has 0 saturated carbocycles. The van der Waals surface area contributed by atoms with Gasteiger partial charge in [-0.05, 0) is 46.7 Å². The third-order valence-electron chi connectivity index (χ3n) is 3.73. The molecule has 1 N–H and O–H groups in total. The fraction of sp³-hybridized carbons (Fsp3) is 0.250. The highest BCUT2D eigenvalue weighted by Gasteiger charge is 2.29. The fourth-order valence-corrected chi connectivity index (χ4v) is 3.14. The fourth-order valence-electron chi connectivity index (χ4n) is 2.63. The zero-order chi connectivity index (χ0) is 15.0. The van der Waals surface area contributed by atoms with E-state index < -0.39 is 0 Å². The summed E-state index contributed by atoms with van der Waals surface area (Å²) in [4.78, 5) is 0. The molecule has 3 rings (SSSR count). The van der Waals surface area contributed by atoms with E-state index in [1.807, 2.05) is 25.2 Å². The van der Waals surface area contributed by atoms with Gasteiger partial charge >= 0.3 is 0 Å². The minimum atomic E-state index is -0.290. The molecule has 2 unspecified atom stereocenters. The molecule has 0 saturated heterocycles. The Hall–Kier alpha value is -1.10. The van der Waals surface area contributed by atoms with Gasteiger partial charge in [-0.1, -0.05) is 23.7 Å². The van der Waals surface area contributed by atoms with E-state index in [0.717, 1.165) is 22.0 Å². The number of fused-ring (bicyclic) bond motifs is 1. The van der Waals surface area contributed by atoms with Crippen LogP contribution >= 0.6 is 27.5 Å². The second-order valence-electron chi connectivity index (χ2n) is 5.04. The van der Waals surface area contributed by atoms with Crippen molar-refractivity contribution in [2.75, 3.05) is 7.05 Å². The molecule has 2 aromatic carbocycles. The van der Waals surface area contributed by atoms with Crippen molar-refractivity contribution in [2.24, 2.45) is 0 Å². The number of hydrogen-bond donors (Lipinski definition) is 1. The molecule has 0 fully saturated rings. The van der Waals surface area contributed by atoms with Gasteiger partial charge in [0.25, 0.3) is 0 Å². The first-order chi connectivity index (χ1) is 10.1. The van der Waals surface area contributed by atoms with E-state index in [1.165, 1.54) is 12.1 Å². The Morgan fingerprint density at radius 1 is 1.29 bits per heavy atom. The van der Waals surface area contributed by atoms with Crippen LogP contribution in [0.25, 0.3) is 0 Å². The molecule has 1 aliphatic rings. The SMILES string of the molecule is CNC1CC(c2ccc(Cl)c(Br)c2)Oc2cc(F)ccc21. The maximum absolute atomic E-state index is 13.4. The van der Waals surface area contributed by atoms with E-state index >= 15 is 0 Å². The van der Waals surface area contributed by atoms with Gasteiger partial charge in [-0.25, -0.2) is 4.39 Å². The van der Waals surface area contributed by atoms with Gasteiger partial charge in [0.15, 0.2) is 0 Å². The average Bonchev–Trinajstić information content (AvgIpc) is 2.48. The van der Waals surface area contributed by atoms with Crippen molar-refractivity contribution in [1.29, 1.82) is 0 Å². The molecule has 0 spiro atoms. The summed E-state index contributed by atoms with van der Waals surface area (Å²) in [6.45, 7) is 0. The predicted molar refractivity (Wildman–Crippen MR) is 85.3 cm³/mol. The predicted octanol–water partition coefficient (Wildman–Crippen LogP) is 5.03. The van der Waals surface area contributed by atoms with Gasteiger partial charge in [-0.3, -0.25) is 0 Å². The van der Waals surface area contributed by atoms with Gasteiger partial charge in [0.2, 0.25) is 0 Å². The largest absolute Gasteiger partial charge is 0.485 e. The average molecular weight is 371 g/mol. The van der Waals surface area contributed by atoms with Crippen molar-refractivity contribution >= 4 is 27.5 Å². The number of hydrogen-bond acceptors (Lipinski definition) is 2. The van der Waals surface area contributed by atoms with Gasteiger partial charge in [-0.2, -0.15) is 0 Å². The van der Waals surface area contributed by atoms with Crippen LogP contribution in [0, 0.1) is 5.82 Å². The smallest absolute Gasteiger partial charge is 0.127 e. The molecular weight excluding hydrogens is 357 g/mol. The normalized spacial score (nSPS) is 20.8. The van der Waals surface area contributed by atoms with E-state index in [0.29, 0.717) is 10.8 Å². The van der Waals surface area contributed by atoms with Crippen molar-refractivity contribution < 1.29 is 9.13 Å². The summed E-state index contributed by atoms with van der Waals surface area (Å²) in [6, 6.07) is 10.5. The summed E-state index contributed by atoms with van der Waals surface area (Å²) in [5, 5.41) is 3.92.